The molecule has 2 aromatic rings. The lowest BCUT2D eigenvalue weighted by molar-refractivity contribution is 0.00189. The number of carbonyl (C=O) groups is 1. The van der Waals surface area contributed by atoms with Crippen LogP contribution in [0.3, 0.4) is 0 Å². The third kappa shape index (κ3) is 6.64. The predicted molar refractivity (Wildman–Crippen MR) is 123 cm³/mol. The molecule has 32 heavy (non-hydrogen) atoms. The summed E-state index contributed by atoms with van der Waals surface area (Å²) in [4.78, 5) is 27.4. The number of carbonyl (C=O) groups excluding carboxylic acids is 1. The zero-order valence-corrected chi connectivity index (χ0v) is 19.0. The summed E-state index contributed by atoms with van der Waals surface area (Å²) in [6.45, 7) is 8.68. The molecule has 1 aliphatic heterocycles. The van der Waals surface area contributed by atoms with E-state index >= 15 is 0 Å². The maximum atomic E-state index is 12.8. The van der Waals surface area contributed by atoms with Crippen LogP contribution in [0, 0.1) is 5.92 Å². The van der Waals surface area contributed by atoms with Crippen LogP contribution >= 0.6 is 0 Å². The molecule has 1 atom stereocenters. The highest BCUT2D eigenvalue weighted by atomic mass is 16.5. The molecule has 1 saturated heterocycles. The summed E-state index contributed by atoms with van der Waals surface area (Å²) in [6, 6.07) is 12.5. The van der Waals surface area contributed by atoms with Gasteiger partial charge in [0.15, 0.2) is 0 Å². The average molecular weight is 443 g/mol. The van der Waals surface area contributed by atoms with Gasteiger partial charge in [-0.1, -0.05) is 44.9 Å². The van der Waals surface area contributed by atoms with Gasteiger partial charge in [0.25, 0.3) is 11.5 Å². The Morgan fingerprint density at radius 3 is 2.53 bits per heavy atom. The first-order valence-corrected chi connectivity index (χ1v) is 11.5. The van der Waals surface area contributed by atoms with Crippen molar-refractivity contribution < 1.29 is 14.3 Å². The van der Waals surface area contributed by atoms with Gasteiger partial charge in [-0.05, 0) is 24.1 Å². The Kier molecular flexibility index (Phi) is 9.25. The Morgan fingerprint density at radius 1 is 1.12 bits per heavy atom. The third-order valence-corrected chi connectivity index (χ3v) is 5.99. The summed E-state index contributed by atoms with van der Waals surface area (Å²) in [5, 5.41) is 7.30. The van der Waals surface area contributed by atoms with Gasteiger partial charge in [0.1, 0.15) is 18.1 Å². The number of para-hydroxylation sites is 1. The van der Waals surface area contributed by atoms with E-state index in [-0.39, 0.29) is 36.4 Å². The number of hydrogen-bond acceptors (Lipinski definition) is 6. The smallest absolute Gasteiger partial charge is 0.271 e. The Hall–Kier alpha value is -2.71. The lowest BCUT2D eigenvalue weighted by Gasteiger charge is -2.38. The molecule has 1 fully saturated rings. The second kappa shape index (κ2) is 12.4. The molecule has 1 amide bonds. The summed E-state index contributed by atoms with van der Waals surface area (Å²) >= 11 is 0. The van der Waals surface area contributed by atoms with Crippen molar-refractivity contribution >= 4 is 5.91 Å². The zero-order valence-electron chi connectivity index (χ0n) is 19.0. The lowest BCUT2D eigenvalue weighted by atomic mass is 9.92. The van der Waals surface area contributed by atoms with Crippen molar-refractivity contribution in [1.29, 1.82) is 0 Å². The number of morpholine rings is 1. The topological polar surface area (TPSA) is 85.7 Å². The van der Waals surface area contributed by atoms with Crippen molar-refractivity contribution in [3.8, 4) is 5.75 Å². The van der Waals surface area contributed by atoms with E-state index < -0.39 is 0 Å². The molecule has 1 N–H and O–H groups in total. The normalized spacial score (nSPS) is 15.5. The molecule has 0 spiro atoms. The van der Waals surface area contributed by atoms with Gasteiger partial charge in [0.2, 0.25) is 0 Å². The number of ether oxygens (including phenoxy) is 2. The molecule has 8 heteroatoms. The Morgan fingerprint density at radius 2 is 1.84 bits per heavy atom. The first-order chi connectivity index (χ1) is 15.6. The van der Waals surface area contributed by atoms with Gasteiger partial charge in [-0.2, -0.15) is 5.10 Å². The van der Waals surface area contributed by atoms with Crippen LogP contribution in [-0.2, 0) is 11.3 Å². The van der Waals surface area contributed by atoms with Crippen molar-refractivity contribution in [1.82, 2.24) is 20.0 Å². The molecule has 174 valence electrons. The van der Waals surface area contributed by atoms with E-state index in [2.05, 4.69) is 29.2 Å². The van der Waals surface area contributed by atoms with Gasteiger partial charge in [0, 0.05) is 31.7 Å². The minimum atomic E-state index is -0.271. The fraction of sp³-hybridized carbons (Fsp3) is 0.542. The molecule has 0 bridgehead atoms. The Balaban J connectivity index is 1.60. The number of hydrogen-bond donors (Lipinski definition) is 1. The van der Waals surface area contributed by atoms with Gasteiger partial charge >= 0.3 is 0 Å². The summed E-state index contributed by atoms with van der Waals surface area (Å²) < 4.78 is 12.4. The molecular formula is C24H34N4O4. The minimum absolute atomic E-state index is 0.231. The largest absolute Gasteiger partial charge is 0.492 e. The molecule has 0 saturated carbocycles. The van der Waals surface area contributed by atoms with E-state index in [0.717, 1.165) is 44.9 Å². The molecular weight excluding hydrogens is 408 g/mol. The number of benzene rings is 1. The maximum Gasteiger partial charge on any atom is 0.271 e. The molecule has 3 rings (SSSR count). The molecule has 1 unspecified atom stereocenters. The molecule has 0 aliphatic carbocycles. The zero-order chi connectivity index (χ0) is 22.8. The number of nitrogens with zero attached hydrogens (tertiary/aromatic N) is 3. The van der Waals surface area contributed by atoms with Crippen LogP contribution in [0.2, 0.25) is 0 Å². The highest BCUT2D eigenvalue weighted by Crippen LogP contribution is 2.19. The maximum absolute atomic E-state index is 12.8. The minimum Gasteiger partial charge on any atom is -0.492 e. The van der Waals surface area contributed by atoms with E-state index in [0.29, 0.717) is 12.5 Å². The summed E-state index contributed by atoms with van der Waals surface area (Å²) in [7, 11) is 0. The van der Waals surface area contributed by atoms with Gasteiger partial charge in [-0.25, -0.2) is 4.68 Å². The highest BCUT2D eigenvalue weighted by molar-refractivity contribution is 5.92. The SMILES string of the molecule is CCC(CC)C(CNC(=O)c1ccc(=O)n(CCOc2ccccc2)n1)N1CCOCC1. The third-order valence-electron chi connectivity index (χ3n) is 5.99. The van der Waals surface area contributed by atoms with Crippen molar-refractivity contribution in [2.24, 2.45) is 5.92 Å². The number of rotatable bonds is 11. The molecule has 1 aliphatic rings. The van der Waals surface area contributed by atoms with Crippen molar-refractivity contribution in [3.63, 3.8) is 0 Å². The van der Waals surface area contributed by atoms with Gasteiger partial charge < -0.3 is 14.8 Å². The molecule has 8 nitrogen and oxygen atoms in total. The summed E-state index contributed by atoms with van der Waals surface area (Å²) in [5.41, 5.74) is -0.0315. The number of nitrogens with one attached hydrogen (secondary N) is 1. The molecule has 1 aromatic carbocycles. The monoisotopic (exact) mass is 442 g/mol. The molecule has 1 aromatic heterocycles. The van der Waals surface area contributed by atoms with Gasteiger partial charge in [0.05, 0.1) is 19.8 Å². The number of amides is 1. The Bertz CT molecular complexity index is 892. The van der Waals surface area contributed by atoms with Crippen LogP contribution in [0.5, 0.6) is 5.75 Å². The fourth-order valence-corrected chi connectivity index (χ4v) is 4.12. The van der Waals surface area contributed by atoms with Gasteiger partial charge in [-0.15, -0.1) is 0 Å². The van der Waals surface area contributed by atoms with Gasteiger partial charge in [-0.3, -0.25) is 14.5 Å². The van der Waals surface area contributed by atoms with Crippen molar-refractivity contribution in [2.75, 3.05) is 39.5 Å². The fourth-order valence-electron chi connectivity index (χ4n) is 4.12. The van der Waals surface area contributed by atoms with E-state index in [1.165, 1.54) is 16.8 Å². The molecule has 0 radical (unpaired) electrons. The van der Waals surface area contributed by atoms with Crippen LogP contribution in [0.4, 0.5) is 0 Å². The van der Waals surface area contributed by atoms with Crippen LogP contribution in [0.1, 0.15) is 37.2 Å². The quantitative estimate of drug-likeness (QED) is 0.574. The van der Waals surface area contributed by atoms with Crippen molar-refractivity contribution in [3.05, 3.63) is 58.5 Å². The average Bonchev–Trinajstić information content (AvgIpc) is 2.84. The molecule has 2 heterocycles. The second-order valence-electron chi connectivity index (χ2n) is 7.94. The highest BCUT2D eigenvalue weighted by Gasteiger charge is 2.27. The first kappa shape index (κ1) is 23.9. The van der Waals surface area contributed by atoms with E-state index in [1.807, 2.05) is 30.3 Å². The van der Waals surface area contributed by atoms with E-state index in [9.17, 15) is 9.59 Å². The van der Waals surface area contributed by atoms with Crippen molar-refractivity contribution in [2.45, 2.75) is 39.3 Å². The first-order valence-electron chi connectivity index (χ1n) is 11.5. The van der Waals surface area contributed by atoms with Crippen LogP contribution in [0.15, 0.2) is 47.3 Å². The number of aromatic nitrogens is 2. The van der Waals surface area contributed by atoms with Crippen LogP contribution < -0.4 is 15.6 Å². The lowest BCUT2D eigenvalue weighted by Crippen LogP contribution is -2.52. The van der Waals surface area contributed by atoms with E-state index in [4.69, 9.17) is 9.47 Å². The second-order valence-corrected chi connectivity index (χ2v) is 7.94. The van der Waals surface area contributed by atoms with E-state index in [1.54, 1.807) is 0 Å². The van der Waals surface area contributed by atoms with Crippen LogP contribution in [-0.4, -0.2) is 66.1 Å². The standard InChI is InChI=1S/C24H34N4O4/c1-3-19(4-2)22(27-12-15-31-16-13-27)18-25-24(30)21-10-11-23(29)28(26-21)14-17-32-20-8-6-5-7-9-20/h5-11,19,22H,3-4,12-18H2,1-2H3,(H,25,30). The summed E-state index contributed by atoms with van der Waals surface area (Å²) in [5.74, 6) is 0.947. The van der Waals surface area contributed by atoms with Crippen LogP contribution in [0.25, 0.3) is 0 Å². The summed E-state index contributed by atoms with van der Waals surface area (Å²) in [6.07, 6.45) is 2.11. The predicted octanol–water partition coefficient (Wildman–Crippen LogP) is 2.19. The Labute approximate surface area is 189 Å².